The van der Waals surface area contributed by atoms with Gasteiger partial charge in [-0.2, -0.15) is 5.10 Å². The number of aliphatic hydroxyl groups excluding tert-OH is 1. The van der Waals surface area contributed by atoms with Crippen LogP contribution in [0.4, 0.5) is 4.39 Å². The topological polar surface area (TPSA) is 89.3 Å². The van der Waals surface area contributed by atoms with Crippen molar-refractivity contribution in [1.29, 1.82) is 0 Å². The van der Waals surface area contributed by atoms with Gasteiger partial charge in [0.25, 0.3) is 5.91 Å². The van der Waals surface area contributed by atoms with E-state index in [1.54, 1.807) is 30.1 Å². The summed E-state index contributed by atoms with van der Waals surface area (Å²) < 4.78 is 21.9. The summed E-state index contributed by atoms with van der Waals surface area (Å²) in [6.45, 7) is 4.17. The molecule has 1 saturated heterocycles. The summed E-state index contributed by atoms with van der Waals surface area (Å²) in [7, 11) is 0. The molecule has 0 saturated carbocycles. The van der Waals surface area contributed by atoms with Gasteiger partial charge < -0.3 is 15.2 Å². The summed E-state index contributed by atoms with van der Waals surface area (Å²) in [5, 5.41) is 16.9. The molecule has 2 N–H and O–H groups in total. The molecule has 3 aromatic rings. The number of ether oxygens (including phenoxy) is 1. The summed E-state index contributed by atoms with van der Waals surface area (Å²) in [5.41, 5.74) is 2.98. The molecule has 0 unspecified atom stereocenters. The first-order valence-corrected chi connectivity index (χ1v) is 10.2. The number of halogens is 1. The van der Waals surface area contributed by atoms with Crippen LogP contribution in [-0.4, -0.2) is 51.1 Å². The first-order chi connectivity index (χ1) is 14.9. The highest BCUT2D eigenvalue weighted by Gasteiger charge is 2.27. The van der Waals surface area contributed by atoms with Crippen LogP contribution in [-0.2, 0) is 11.2 Å². The number of nitrogens with one attached hydrogen (secondary N) is 1. The zero-order valence-corrected chi connectivity index (χ0v) is 17.5. The van der Waals surface area contributed by atoms with Crippen LogP contribution in [0.3, 0.4) is 0 Å². The monoisotopic (exact) mass is 424 g/mol. The molecule has 0 aliphatic carbocycles. The third-order valence-electron chi connectivity index (χ3n) is 5.75. The van der Waals surface area contributed by atoms with Gasteiger partial charge in [0.15, 0.2) is 5.82 Å². The summed E-state index contributed by atoms with van der Waals surface area (Å²) in [6, 6.07) is 6.67. The summed E-state index contributed by atoms with van der Waals surface area (Å²) in [5.74, 6) is -0.394. The Morgan fingerprint density at radius 3 is 2.87 bits per heavy atom. The average Bonchev–Trinajstić information content (AvgIpc) is 3.31. The Balaban J connectivity index is 1.56. The molecule has 162 valence electrons. The van der Waals surface area contributed by atoms with Crippen molar-refractivity contribution in [3.8, 4) is 5.82 Å². The number of carbonyl (C=O) groups excluding carboxylic acids is 1. The highest BCUT2D eigenvalue weighted by atomic mass is 19.1. The van der Waals surface area contributed by atoms with E-state index in [-0.39, 0.29) is 12.2 Å². The molecule has 1 aromatic carbocycles. The zero-order chi connectivity index (χ0) is 22.0. The Morgan fingerprint density at radius 1 is 1.35 bits per heavy atom. The van der Waals surface area contributed by atoms with Gasteiger partial charge >= 0.3 is 0 Å². The predicted octanol–water partition coefficient (Wildman–Crippen LogP) is 2.49. The van der Waals surface area contributed by atoms with Gasteiger partial charge in [-0.05, 0) is 67.1 Å². The fraction of sp³-hybridized carbons (Fsp3) is 0.348. The molecule has 1 aliphatic rings. The number of hydrogen-bond acceptors (Lipinski definition) is 5. The van der Waals surface area contributed by atoms with E-state index in [1.807, 2.05) is 31.3 Å². The number of benzene rings is 1. The number of aromatic nitrogens is 3. The van der Waals surface area contributed by atoms with Crippen molar-refractivity contribution in [2.45, 2.75) is 38.8 Å². The van der Waals surface area contributed by atoms with E-state index in [0.717, 1.165) is 16.7 Å². The van der Waals surface area contributed by atoms with Crippen LogP contribution in [0.15, 0.2) is 42.9 Å². The summed E-state index contributed by atoms with van der Waals surface area (Å²) >= 11 is 0. The van der Waals surface area contributed by atoms with Crippen molar-refractivity contribution in [2.75, 3.05) is 13.2 Å². The van der Waals surface area contributed by atoms with E-state index >= 15 is 0 Å². The summed E-state index contributed by atoms with van der Waals surface area (Å²) in [6.07, 6.45) is 5.50. The van der Waals surface area contributed by atoms with Crippen molar-refractivity contribution in [1.82, 2.24) is 20.1 Å². The Labute approximate surface area is 179 Å². The van der Waals surface area contributed by atoms with E-state index in [9.17, 15) is 14.3 Å². The molecule has 4 rings (SSSR count). The van der Waals surface area contributed by atoms with Gasteiger partial charge in [-0.15, -0.1) is 0 Å². The molecule has 31 heavy (non-hydrogen) atoms. The van der Waals surface area contributed by atoms with E-state index in [0.29, 0.717) is 30.8 Å². The first-order valence-electron chi connectivity index (χ1n) is 10.2. The first kappa shape index (κ1) is 21.1. The molecular weight excluding hydrogens is 399 g/mol. The lowest BCUT2D eigenvalue weighted by atomic mass is 9.94. The molecule has 8 heteroatoms. The van der Waals surface area contributed by atoms with Crippen molar-refractivity contribution in [2.24, 2.45) is 0 Å². The van der Waals surface area contributed by atoms with Crippen molar-refractivity contribution < 1.29 is 19.0 Å². The van der Waals surface area contributed by atoms with Gasteiger partial charge in [-0.3, -0.25) is 4.79 Å². The van der Waals surface area contributed by atoms with Gasteiger partial charge in [-0.1, -0.05) is 6.07 Å². The van der Waals surface area contributed by atoms with Crippen LogP contribution in [0.1, 0.15) is 39.0 Å². The highest BCUT2D eigenvalue weighted by molar-refractivity contribution is 5.95. The quantitative estimate of drug-likeness (QED) is 0.657. The molecule has 2 aromatic heterocycles. The molecule has 1 aliphatic heterocycles. The lowest BCUT2D eigenvalue weighted by Gasteiger charge is -2.28. The van der Waals surface area contributed by atoms with Gasteiger partial charge in [0, 0.05) is 25.2 Å². The number of carbonyl (C=O) groups is 1. The maximum atomic E-state index is 14.9. The second-order valence-electron chi connectivity index (χ2n) is 7.81. The molecular formula is C23H25FN4O3. The molecule has 0 radical (unpaired) electrons. The molecule has 7 nitrogen and oxygen atoms in total. The SMILES string of the molecule is Cc1c(Cc2ccc(-n3cccn3)nc2)cc(C(=O)N[C@H]2COCC[C@@H]2O)c(F)c1C. The number of rotatable bonds is 5. The average molecular weight is 424 g/mol. The third-order valence-corrected chi connectivity index (χ3v) is 5.75. The highest BCUT2D eigenvalue weighted by Crippen LogP contribution is 2.24. The molecule has 1 amide bonds. The Kier molecular flexibility index (Phi) is 6.11. The molecule has 0 bridgehead atoms. The standard InChI is InChI=1S/C23H25FN4O3/c1-14-15(2)22(24)18(23(30)27-19-13-31-9-6-20(19)29)11-17(14)10-16-4-5-21(25-12-16)28-8-3-7-26-28/h3-5,7-8,11-12,19-20,29H,6,9-10,13H2,1-2H3,(H,27,30)/t19-,20-/m0/s1. The van der Waals surface area contributed by atoms with Crippen LogP contribution in [0, 0.1) is 19.7 Å². The van der Waals surface area contributed by atoms with Gasteiger partial charge in [0.2, 0.25) is 0 Å². The second kappa shape index (κ2) is 8.95. The fourth-order valence-electron chi connectivity index (χ4n) is 3.69. The Bertz CT molecular complexity index is 1070. The normalized spacial score (nSPS) is 18.7. The van der Waals surface area contributed by atoms with E-state index in [1.165, 1.54) is 0 Å². The summed E-state index contributed by atoms with van der Waals surface area (Å²) in [4.78, 5) is 17.2. The van der Waals surface area contributed by atoms with Crippen molar-refractivity contribution >= 4 is 5.91 Å². The largest absolute Gasteiger partial charge is 0.391 e. The number of hydrogen-bond donors (Lipinski definition) is 2. The van der Waals surface area contributed by atoms with E-state index < -0.39 is 23.9 Å². The molecule has 3 heterocycles. The minimum atomic E-state index is -0.703. The molecule has 2 atom stereocenters. The number of aliphatic hydroxyl groups is 1. The van der Waals surface area contributed by atoms with E-state index in [2.05, 4.69) is 15.4 Å². The third kappa shape index (κ3) is 4.50. The lowest BCUT2D eigenvalue weighted by molar-refractivity contribution is -0.0140. The van der Waals surface area contributed by atoms with Crippen LogP contribution < -0.4 is 5.32 Å². The van der Waals surface area contributed by atoms with Crippen molar-refractivity contribution in [3.05, 3.63) is 76.5 Å². The minimum Gasteiger partial charge on any atom is -0.391 e. The van der Waals surface area contributed by atoms with Crippen LogP contribution in [0.25, 0.3) is 5.82 Å². The number of nitrogens with zero attached hydrogens (tertiary/aromatic N) is 3. The Hall–Kier alpha value is -3.10. The number of pyridine rings is 1. The van der Waals surface area contributed by atoms with Crippen LogP contribution in [0.2, 0.25) is 0 Å². The van der Waals surface area contributed by atoms with E-state index in [4.69, 9.17) is 4.74 Å². The van der Waals surface area contributed by atoms with Gasteiger partial charge in [-0.25, -0.2) is 14.1 Å². The maximum absolute atomic E-state index is 14.9. The predicted molar refractivity (Wildman–Crippen MR) is 113 cm³/mol. The van der Waals surface area contributed by atoms with Crippen LogP contribution >= 0.6 is 0 Å². The fourth-order valence-corrected chi connectivity index (χ4v) is 3.69. The second-order valence-corrected chi connectivity index (χ2v) is 7.81. The van der Waals surface area contributed by atoms with Crippen molar-refractivity contribution in [3.63, 3.8) is 0 Å². The Morgan fingerprint density at radius 2 is 2.19 bits per heavy atom. The number of amides is 1. The van der Waals surface area contributed by atoms with Gasteiger partial charge in [0.1, 0.15) is 5.82 Å². The lowest BCUT2D eigenvalue weighted by Crippen LogP contribution is -2.49. The minimum absolute atomic E-state index is 0.0306. The molecule has 1 fully saturated rings. The molecule has 0 spiro atoms. The van der Waals surface area contributed by atoms with Gasteiger partial charge in [0.05, 0.1) is 24.3 Å². The smallest absolute Gasteiger partial charge is 0.254 e. The van der Waals surface area contributed by atoms with Crippen LogP contribution in [0.5, 0.6) is 0 Å². The zero-order valence-electron chi connectivity index (χ0n) is 17.5. The maximum Gasteiger partial charge on any atom is 0.254 e.